The molecule has 40 heavy (non-hydrogen) atoms. The van der Waals surface area contributed by atoms with Crippen LogP contribution in [0.4, 0.5) is 15.9 Å². The quantitative estimate of drug-likeness (QED) is 0.307. The first-order valence-electron chi connectivity index (χ1n) is 12.9. The molecule has 0 saturated carbocycles. The van der Waals surface area contributed by atoms with Crippen LogP contribution in [-0.4, -0.2) is 44.6 Å². The molecule has 0 bridgehead atoms. The summed E-state index contributed by atoms with van der Waals surface area (Å²) in [5.41, 5.74) is 3.56. The molecule has 1 aromatic carbocycles. The summed E-state index contributed by atoms with van der Waals surface area (Å²) in [6.45, 7) is 14.5. The zero-order chi connectivity index (χ0) is 28.7. The fraction of sp³-hybridized carbons (Fsp3) is 0.300. The average molecular weight is 556 g/mol. The molecule has 0 radical (unpaired) electrons. The van der Waals surface area contributed by atoms with Gasteiger partial charge in [-0.1, -0.05) is 30.3 Å². The number of nitriles is 1. The molecule has 0 spiro atoms. The summed E-state index contributed by atoms with van der Waals surface area (Å²) in [6.07, 6.45) is 1.80. The first-order valence-corrected chi connectivity index (χ1v) is 13.2. The standard InChI is InChI=1S/C30H27ClFN7O/c1-17-6-9-24(35-14-17)28(21-8-7-20(32)12-23(21)31)38-15-19(3)39(16-18(38)2)29-22(13-33)30(40)37(5)25-10-11-26(34-4)36-27(25)29/h6-12,14,18-19,28H,15-16H2,1-3,5H3/t18-,19+,28?/m1/s1. The van der Waals surface area contributed by atoms with Crippen LogP contribution in [0.5, 0.6) is 0 Å². The molecule has 0 aliphatic carbocycles. The Kier molecular flexibility index (Phi) is 7.29. The highest BCUT2D eigenvalue weighted by Crippen LogP contribution is 2.39. The molecular formula is C30H27ClFN7O. The number of rotatable bonds is 4. The topological polar surface area (TPSA) is 82.4 Å². The summed E-state index contributed by atoms with van der Waals surface area (Å²) < 4.78 is 15.4. The summed E-state index contributed by atoms with van der Waals surface area (Å²) in [4.78, 5) is 30.2. The normalized spacial score (nSPS) is 18.4. The lowest BCUT2D eigenvalue weighted by molar-refractivity contribution is 0.128. The highest BCUT2D eigenvalue weighted by molar-refractivity contribution is 6.31. The minimum Gasteiger partial charge on any atom is -0.361 e. The van der Waals surface area contributed by atoms with Gasteiger partial charge in [0.25, 0.3) is 11.4 Å². The fourth-order valence-electron chi connectivity index (χ4n) is 5.52. The number of halogens is 2. The van der Waals surface area contributed by atoms with Crippen LogP contribution in [0.2, 0.25) is 5.02 Å². The van der Waals surface area contributed by atoms with E-state index in [4.69, 9.17) is 23.2 Å². The summed E-state index contributed by atoms with van der Waals surface area (Å²) in [6, 6.07) is 13.1. The second kappa shape index (κ2) is 10.7. The van der Waals surface area contributed by atoms with Crippen molar-refractivity contribution >= 4 is 34.1 Å². The first-order chi connectivity index (χ1) is 19.1. The third kappa shape index (κ3) is 4.68. The minimum absolute atomic E-state index is 0.00420. The number of hydrogen-bond donors (Lipinski definition) is 0. The number of fused-ring (bicyclic) bond motifs is 1. The zero-order valence-corrected chi connectivity index (χ0v) is 23.3. The summed E-state index contributed by atoms with van der Waals surface area (Å²) in [7, 11) is 1.60. The lowest BCUT2D eigenvalue weighted by Gasteiger charge is -2.48. The van der Waals surface area contributed by atoms with Gasteiger partial charge in [-0.15, -0.1) is 4.98 Å². The van der Waals surface area contributed by atoms with Crippen LogP contribution in [0.25, 0.3) is 15.9 Å². The maximum Gasteiger partial charge on any atom is 0.271 e. The SMILES string of the molecule is [C-]#[N+]c1ccc2c(n1)c(N1C[C@@H](C)N(C(c3ccc(C)cn3)c3ccc(F)cc3Cl)C[C@@H]1C)c(C#N)c(=O)n2C. The third-order valence-corrected chi connectivity index (χ3v) is 7.88. The Morgan fingerprint density at radius 3 is 2.60 bits per heavy atom. The van der Waals surface area contributed by atoms with Crippen LogP contribution in [-0.2, 0) is 7.05 Å². The van der Waals surface area contributed by atoms with Gasteiger partial charge in [0.2, 0.25) is 5.52 Å². The summed E-state index contributed by atoms with van der Waals surface area (Å²) in [5.74, 6) is -0.226. The van der Waals surface area contributed by atoms with Crippen molar-refractivity contribution in [3.8, 4) is 6.07 Å². The van der Waals surface area contributed by atoms with Crippen molar-refractivity contribution in [3.63, 3.8) is 0 Å². The summed E-state index contributed by atoms with van der Waals surface area (Å²) >= 11 is 6.59. The average Bonchev–Trinajstić information content (AvgIpc) is 2.94. The van der Waals surface area contributed by atoms with Crippen LogP contribution < -0.4 is 10.5 Å². The molecule has 10 heteroatoms. The number of nitrogens with zero attached hydrogens (tertiary/aromatic N) is 7. The molecule has 1 aliphatic heterocycles. The van der Waals surface area contributed by atoms with Crippen molar-refractivity contribution in [1.82, 2.24) is 19.4 Å². The molecule has 8 nitrogen and oxygen atoms in total. The van der Waals surface area contributed by atoms with E-state index in [9.17, 15) is 14.4 Å². The van der Waals surface area contributed by atoms with E-state index in [2.05, 4.69) is 27.7 Å². The zero-order valence-electron chi connectivity index (χ0n) is 22.6. The maximum atomic E-state index is 14.0. The molecule has 202 valence electrons. The molecule has 4 heterocycles. The molecule has 5 rings (SSSR count). The molecule has 1 saturated heterocycles. The van der Waals surface area contributed by atoms with E-state index in [-0.39, 0.29) is 29.5 Å². The van der Waals surface area contributed by atoms with Crippen LogP contribution >= 0.6 is 11.6 Å². The van der Waals surface area contributed by atoms with E-state index in [1.165, 1.54) is 16.7 Å². The van der Waals surface area contributed by atoms with E-state index in [0.717, 1.165) is 16.8 Å². The van der Waals surface area contributed by atoms with E-state index < -0.39 is 11.4 Å². The minimum atomic E-state index is -0.413. The van der Waals surface area contributed by atoms with Crippen molar-refractivity contribution < 1.29 is 4.39 Å². The second-order valence-electron chi connectivity index (χ2n) is 10.2. The molecule has 0 amide bonds. The lowest BCUT2D eigenvalue weighted by atomic mass is 9.95. The van der Waals surface area contributed by atoms with Crippen molar-refractivity contribution in [1.29, 1.82) is 5.26 Å². The van der Waals surface area contributed by atoms with Gasteiger partial charge in [0, 0.05) is 43.4 Å². The number of aryl methyl sites for hydroxylation is 2. The van der Waals surface area contributed by atoms with Crippen molar-refractivity contribution in [2.75, 3.05) is 18.0 Å². The fourth-order valence-corrected chi connectivity index (χ4v) is 5.79. The van der Waals surface area contributed by atoms with E-state index >= 15 is 0 Å². The largest absolute Gasteiger partial charge is 0.361 e. The van der Waals surface area contributed by atoms with Gasteiger partial charge in [-0.25, -0.2) is 4.39 Å². The lowest BCUT2D eigenvalue weighted by Crippen LogP contribution is -2.58. The van der Waals surface area contributed by atoms with Gasteiger partial charge >= 0.3 is 0 Å². The molecule has 1 aliphatic rings. The second-order valence-corrected chi connectivity index (χ2v) is 10.6. The number of hydrogen-bond acceptors (Lipinski definition) is 6. The van der Waals surface area contributed by atoms with Crippen LogP contribution in [0, 0.1) is 30.6 Å². The summed E-state index contributed by atoms with van der Waals surface area (Å²) in [5, 5.41) is 10.4. The Bertz CT molecular complexity index is 1760. The van der Waals surface area contributed by atoms with E-state index in [1.807, 2.05) is 30.9 Å². The molecule has 4 aromatic rings. The Labute approximate surface area is 236 Å². The highest BCUT2D eigenvalue weighted by atomic mass is 35.5. The van der Waals surface area contributed by atoms with Gasteiger partial charge in [0.1, 0.15) is 23.1 Å². The molecular weight excluding hydrogens is 529 g/mol. The predicted molar refractivity (Wildman–Crippen MR) is 153 cm³/mol. The van der Waals surface area contributed by atoms with Crippen molar-refractivity contribution in [2.24, 2.45) is 7.05 Å². The van der Waals surface area contributed by atoms with Crippen LogP contribution in [0.15, 0.2) is 53.5 Å². The molecule has 1 fully saturated rings. The monoisotopic (exact) mass is 555 g/mol. The van der Waals surface area contributed by atoms with Crippen LogP contribution in [0.3, 0.4) is 0 Å². The van der Waals surface area contributed by atoms with Gasteiger partial charge in [-0.3, -0.25) is 14.7 Å². The molecule has 0 N–H and O–H groups in total. The van der Waals surface area contributed by atoms with Crippen molar-refractivity contribution in [3.05, 3.63) is 104 Å². The van der Waals surface area contributed by atoms with Crippen LogP contribution in [0.1, 0.15) is 42.3 Å². The number of piperazine rings is 1. The van der Waals surface area contributed by atoms with Gasteiger partial charge in [0.05, 0.1) is 17.3 Å². The third-order valence-electron chi connectivity index (χ3n) is 7.55. The Morgan fingerprint density at radius 1 is 1.18 bits per heavy atom. The number of anilines is 1. The van der Waals surface area contributed by atoms with Gasteiger partial charge in [-0.2, -0.15) is 5.26 Å². The van der Waals surface area contributed by atoms with E-state index in [1.54, 1.807) is 31.4 Å². The first kappa shape index (κ1) is 27.3. The smallest absolute Gasteiger partial charge is 0.271 e. The Morgan fingerprint density at radius 2 is 1.95 bits per heavy atom. The van der Waals surface area contributed by atoms with Gasteiger partial charge < -0.3 is 14.3 Å². The number of aromatic nitrogens is 3. The predicted octanol–water partition coefficient (Wildman–Crippen LogP) is 5.54. The Hall–Kier alpha value is -4.31. The molecule has 1 unspecified atom stereocenters. The van der Waals surface area contributed by atoms with E-state index in [0.29, 0.717) is 34.8 Å². The number of benzene rings is 1. The highest BCUT2D eigenvalue weighted by Gasteiger charge is 2.38. The number of pyridine rings is 3. The molecule has 3 aromatic heterocycles. The maximum absolute atomic E-state index is 14.0. The van der Waals surface area contributed by atoms with Gasteiger partial charge in [-0.05, 0) is 62.2 Å². The molecule has 3 atom stereocenters. The van der Waals surface area contributed by atoms with Crippen molar-refractivity contribution in [2.45, 2.75) is 38.9 Å². The van der Waals surface area contributed by atoms with Gasteiger partial charge in [0.15, 0.2) is 0 Å². The Balaban J connectivity index is 1.62.